The van der Waals surface area contributed by atoms with Crippen LogP contribution in [0.4, 0.5) is 5.69 Å². The zero-order valence-corrected chi connectivity index (χ0v) is 17.0. The minimum Gasteiger partial charge on any atom is -0.453 e. The number of nitro groups is 1. The summed E-state index contributed by atoms with van der Waals surface area (Å²) >= 11 is 1.62. The standard InChI is InChI=1S/C22H19N3O4S/c26-21-19-15-5-3-1-2-4-6-18(15)30-22(19)24-20(23-21)17-12-11-16(29-17)13-7-9-14(10-8-13)25(27)28/h7-12H,1-6H2,(H,23,24,26). The molecule has 1 N–H and O–H groups in total. The summed E-state index contributed by atoms with van der Waals surface area (Å²) in [6.45, 7) is 0. The van der Waals surface area contributed by atoms with Crippen LogP contribution in [-0.4, -0.2) is 14.9 Å². The van der Waals surface area contributed by atoms with Crippen LogP contribution in [0.15, 0.2) is 45.6 Å². The lowest BCUT2D eigenvalue weighted by atomic mass is 9.98. The molecular weight excluding hydrogens is 402 g/mol. The maximum absolute atomic E-state index is 12.9. The van der Waals surface area contributed by atoms with Crippen LogP contribution in [0.2, 0.25) is 0 Å². The fraction of sp³-hybridized carbons (Fsp3) is 0.273. The van der Waals surface area contributed by atoms with Crippen molar-refractivity contribution in [2.45, 2.75) is 38.5 Å². The van der Waals surface area contributed by atoms with Crippen LogP contribution in [0.5, 0.6) is 0 Å². The molecule has 152 valence electrons. The molecule has 0 saturated carbocycles. The zero-order chi connectivity index (χ0) is 20.7. The molecule has 4 aromatic rings. The smallest absolute Gasteiger partial charge is 0.269 e. The van der Waals surface area contributed by atoms with Crippen LogP contribution in [0.25, 0.3) is 33.1 Å². The van der Waals surface area contributed by atoms with Crippen molar-refractivity contribution in [1.82, 2.24) is 9.97 Å². The van der Waals surface area contributed by atoms with E-state index in [4.69, 9.17) is 9.40 Å². The number of fused-ring (bicyclic) bond motifs is 3. The zero-order valence-electron chi connectivity index (χ0n) is 16.1. The normalized spacial score (nSPS) is 14.3. The first kappa shape index (κ1) is 18.7. The van der Waals surface area contributed by atoms with E-state index in [9.17, 15) is 14.9 Å². The summed E-state index contributed by atoms with van der Waals surface area (Å²) in [7, 11) is 0. The molecule has 0 bridgehead atoms. The first-order valence-corrected chi connectivity index (χ1v) is 10.8. The minimum absolute atomic E-state index is 0.0234. The lowest BCUT2D eigenvalue weighted by Crippen LogP contribution is -2.10. The first-order valence-electron chi connectivity index (χ1n) is 10.00. The molecule has 0 fully saturated rings. The highest BCUT2D eigenvalue weighted by molar-refractivity contribution is 7.18. The number of aromatic amines is 1. The molecule has 0 spiro atoms. The van der Waals surface area contributed by atoms with Gasteiger partial charge in [0.05, 0.1) is 10.3 Å². The maximum atomic E-state index is 12.9. The maximum Gasteiger partial charge on any atom is 0.269 e. The van der Waals surface area contributed by atoms with Gasteiger partial charge in [-0.1, -0.05) is 12.8 Å². The van der Waals surface area contributed by atoms with E-state index < -0.39 is 4.92 Å². The van der Waals surface area contributed by atoms with Crippen LogP contribution < -0.4 is 5.56 Å². The van der Waals surface area contributed by atoms with E-state index in [1.165, 1.54) is 35.4 Å². The van der Waals surface area contributed by atoms with Crippen LogP contribution in [0, 0.1) is 10.1 Å². The van der Waals surface area contributed by atoms with E-state index in [2.05, 4.69) is 4.98 Å². The number of thiophene rings is 1. The number of benzene rings is 1. The van der Waals surface area contributed by atoms with Gasteiger partial charge < -0.3 is 9.40 Å². The van der Waals surface area contributed by atoms with Crippen LogP contribution in [0.3, 0.4) is 0 Å². The molecule has 0 saturated heterocycles. The van der Waals surface area contributed by atoms with E-state index in [0.29, 0.717) is 17.3 Å². The molecule has 3 aromatic heterocycles. The van der Waals surface area contributed by atoms with E-state index in [1.54, 1.807) is 35.6 Å². The largest absolute Gasteiger partial charge is 0.453 e. The second kappa shape index (κ2) is 7.53. The molecule has 5 rings (SSSR count). The highest BCUT2D eigenvalue weighted by atomic mass is 32.1. The van der Waals surface area contributed by atoms with Gasteiger partial charge in [0.15, 0.2) is 11.6 Å². The molecule has 8 heteroatoms. The minimum atomic E-state index is -0.439. The summed E-state index contributed by atoms with van der Waals surface area (Å²) < 4.78 is 5.90. The Hall–Kier alpha value is -3.26. The number of furan rings is 1. The summed E-state index contributed by atoms with van der Waals surface area (Å²) in [5.74, 6) is 1.42. The monoisotopic (exact) mass is 421 g/mol. The Labute approximate surface area is 175 Å². The van der Waals surface area contributed by atoms with Crippen molar-refractivity contribution < 1.29 is 9.34 Å². The molecule has 0 amide bonds. The van der Waals surface area contributed by atoms with Crippen molar-refractivity contribution in [3.8, 4) is 22.9 Å². The molecule has 1 aromatic carbocycles. The predicted octanol–water partition coefficient (Wildman–Crippen LogP) is 5.48. The number of non-ortho nitro benzene ring substituents is 1. The average Bonchev–Trinajstić information content (AvgIpc) is 3.33. The Morgan fingerprint density at radius 1 is 1.00 bits per heavy atom. The van der Waals surface area contributed by atoms with E-state index >= 15 is 0 Å². The van der Waals surface area contributed by atoms with Crippen molar-refractivity contribution in [2.24, 2.45) is 0 Å². The van der Waals surface area contributed by atoms with Gasteiger partial charge in [0, 0.05) is 22.6 Å². The fourth-order valence-corrected chi connectivity index (χ4v) is 5.26. The van der Waals surface area contributed by atoms with Gasteiger partial charge in [0.25, 0.3) is 11.2 Å². The number of nitro benzene ring substituents is 1. The average molecular weight is 421 g/mol. The number of hydrogen-bond acceptors (Lipinski definition) is 6. The van der Waals surface area contributed by atoms with Crippen molar-refractivity contribution in [3.05, 3.63) is 67.3 Å². The summed E-state index contributed by atoms with van der Waals surface area (Å²) in [6.07, 6.45) is 6.65. The highest BCUT2D eigenvalue weighted by Gasteiger charge is 2.20. The molecule has 1 aliphatic carbocycles. The number of aromatic nitrogens is 2. The van der Waals surface area contributed by atoms with Gasteiger partial charge in [0.1, 0.15) is 10.6 Å². The van der Waals surface area contributed by atoms with Crippen molar-refractivity contribution in [1.29, 1.82) is 0 Å². The number of H-pyrrole nitrogens is 1. The molecule has 0 radical (unpaired) electrons. The topological polar surface area (TPSA) is 102 Å². The summed E-state index contributed by atoms with van der Waals surface area (Å²) in [4.78, 5) is 32.9. The third-order valence-electron chi connectivity index (χ3n) is 5.53. The van der Waals surface area contributed by atoms with Gasteiger partial charge >= 0.3 is 0 Å². The Kier molecular flexibility index (Phi) is 4.71. The lowest BCUT2D eigenvalue weighted by Gasteiger charge is -2.08. The van der Waals surface area contributed by atoms with Gasteiger partial charge in [-0.25, -0.2) is 4.98 Å². The molecule has 0 unspecified atom stereocenters. The summed E-state index contributed by atoms with van der Waals surface area (Å²) in [6, 6.07) is 9.67. The fourth-order valence-electron chi connectivity index (χ4n) is 4.00. The van der Waals surface area contributed by atoms with Gasteiger partial charge in [-0.15, -0.1) is 11.3 Å². The number of rotatable bonds is 3. The van der Waals surface area contributed by atoms with E-state index in [0.717, 1.165) is 41.5 Å². The number of nitrogens with zero attached hydrogens (tertiary/aromatic N) is 2. The Morgan fingerprint density at radius 3 is 2.50 bits per heavy atom. The third kappa shape index (κ3) is 3.33. The van der Waals surface area contributed by atoms with Crippen LogP contribution in [-0.2, 0) is 12.8 Å². The molecule has 7 nitrogen and oxygen atoms in total. The first-order chi connectivity index (χ1) is 14.6. The van der Waals surface area contributed by atoms with Crippen molar-refractivity contribution in [2.75, 3.05) is 0 Å². The third-order valence-corrected chi connectivity index (χ3v) is 6.71. The molecule has 3 heterocycles. The van der Waals surface area contributed by atoms with E-state index in [1.807, 2.05) is 0 Å². The van der Waals surface area contributed by atoms with Crippen LogP contribution in [0.1, 0.15) is 36.1 Å². The molecular formula is C22H19N3O4S. The second-order valence-electron chi connectivity index (χ2n) is 7.48. The summed E-state index contributed by atoms with van der Waals surface area (Å²) in [5.41, 5.74) is 1.78. The van der Waals surface area contributed by atoms with Crippen molar-refractivity contribution >= 4 is 27.2 Å². The molecule has 30 heavy (non-hydrogen) atoms. The molecule has 0 atom stereocenters. The second-order valence-corrected chi connectivity index (χ2v) is 8.56. The number of aryl methyl sites for hydroxylation is 2. The Balaban J connectivity index is 1.52. The van der Waals surface area contributed by atoms with Gasteiger partial charge in [-0.2, -0.15) is 0 Å². The Bertz CT molecular complexity index is 1300. The van der Waals surface area contributed by atoms with Crippen molar-refractivity contribution in [3.63, 3.8) is 0 Å². The van der Waals surface area contributed by atoms with Gasteiger partial charge in [-0.05, 0) is 55.5 Å². The summed E-state index contributed by atoms with van der Waals surface area (Å²) in [5, 5.41) is 11.6. The predicted molar refractivity (Wildman–Crippen MR) is 116 cm³/mol. The van der Waals surface area contributed by atoms with E-state index in [-0.39, 0.29) is 11.2 Å². The lowest BCUT2D eigenvalue weighted by molar-refractivity contribution is -0.384. The SMILES string of the molecule is O=c1[nH]c(-c2ccc(-c3ccc([N+](=O)[O-])cc3)o2)nc2sc3c(c12)CCCCCC3. The molecule has 0 aliphatic heterocycles. The Morgan fingerprint density at radius 2 is 1.73 bits per heavy atom. The highest BCUT2D eigenvalue weighted by Crippen LogP contribution is 2.34. The number of nitrogens with one attached hydrogen (secondary N) is 1. The van der Waals surface area contributed by atoms with Crippen LogP contribution >= 0.6 is 11.3 Å². The quantitative estimate of drug-likeness (QED) is 0.349. The van der Waals surface area contributed by atoms with Gasteiger partial charge in [-0.3, -0.25) is 14.9 Å². The number of hydrogen-bond donors (Lipinski definition) is 1. The van der Waals surface area contributed by atoms with Gasteiger partial charge in [0.2, 0.25) is 0 Å². The molecule has 1 aliphatic rings.